The van der Waals surface area contributed by atoms with E-state index in [1.54, 1.807) is 18.3 Å². The lowest BCUT2D eigenvalue weighted by Gasteiger charge is -2.39. The fourth-order valence-electron chi connectivity index (χ4n) is 8.99. The number of Topliss-reactive ketones (excluding diaryl/α,β-unsaturated/α-hetero) is 1. The van der Waals surface area contributed by atoms with E-state index in [2.05, 4.69) is 74.4 Å². The number of nitrogens with one attached hydrogen (secondary N) is 3. The molecule has 0 saturated carbocycles. The highest BCUT2D eigenvalue weighted by Crippen LogP contribution is 2.38. The van der Waals surface area contributed by atoms with Crippen molar-refractivity contribution in [3.63, 3.8) is 0 Å². The third-order valence-corrected chi connectivity index (χ3v) is 12.3. The van der Waals surface area contributed by atoms with Crippen molar-refractivity contribution in [3.8, 4) is 11.3 Å². The van der Waals surface area contributed by atoms with Gasteiger partial charge in [0, 0.05) is 120 Å². The van der Waals surface area contributed by atoms with Gasteiger partial charge < -0.3 is 25.4 Å². The molecule has 15 heteroatoms. The van der Waals surface area contributed by atoms with Gasteiger partial charge in [0.1, 0.15) is 11.2 Å². The zero-order chi connectivity index (χ0) is 38.6. The van der Waals surface area contributed by atoms with Crippen LogP contribution in [0.2, 0.25) is 0 Å². The van der Waals surface area contributed by atoms with Crippen molar-refractivity contribution >= 4 is 34.7 Å². The second-order valence-corrected chi connectivity index (χ2v) is 15.9. The summed E-state index contributed by atoms with van der Waals surface area (Å²) in [5.74, 6) is 0.936. The summed E-state index contributed by atoms with van der Waals surface area (Å²) in [5, 5.41) is 7.14. The summed E-state index contributed by atoms with van der Waals surface area (Å²) < 4.78 is 42.0. The average Bonchev–Trinajstić information content (AvgIpc) is 3.87. The second-order valence-electron chi connectivity index (χ2n) is 15.9. The largest absolute Gasteiger partial charge is 0.419 e. The molecule has 4 saturated heterocycles. The Morgan fingerprint density at radius 1 is 0.893 bits per heavy atom. The number of aldehydes is 1. The van der Waals surface area contributed by atoms with E-state index in [1.165, 1.54) is 30.3 Å². The van der Waals surface area contributed by atoms with Gasteiger partial charge in [-0.2, -0.15) is 13.2 Å². The molecule has 3 atom stereocenters. The molecule has 0 radical (unpaired) electrons. The molecule has 4 aliphatic rings. The van der Waals surface area contributed by atoms with Gasteiger partial charge in [-0.15, -0.1) is 0 Å². The number of alkyl halides is 3. The number of ketones is 1. The summed E-state index contributed by atoms with van der Waals surface area (Å²) in [7, 11) is 0. The fourth-order valence-corrected chi connectivity index (χ4v) is 8.99. The number of H-pyrrole nitrogens is 1. The van der Waals surface area contributed by atoms with Gasteiger partial charge in [-0.05, 0) is 73.8 Å². The first-order valence-corrected chi connectivity index (χ1v) is 20.1. The molecule has 12 nitrogen and oxygen atoms in total. The van der Waals surface area contributed by atoms with Crippen LogP contribution in [0.4, 0.5) is 24.8 Å². The Labute approximate surface area is 325 Å². The number of anilines is 2. The van der Waals surface area contributed by atoms with E-state index in [-0.39, 0.29) is 29.5 Å². The van der Waals surface area contributed by atoms with Crippen molar-refractivity contribution in [3.05, 3.63) is 66.1 Å². The summed E-state index contributed by atoms with van der Waals surface area (Å²) in [4.78, 5) is 48.3. The Morgan fingerprint density at radius 3 is 2.39 bits per heavy atom. The third kappa shape index (κ3) is 8.90. The highest BCUT2D eigenvalue weighted by Gasteiger charge is 2.37. The molecule has 0 amide bonds. The van der Waals surface area contributed by atoms with E-state index < -0.39 is 11.7 Å². The Balaban J connectivity index is 0.741. The van der Waals surface area contributed by atoms with E-state index in [4.69, 9.17) is 0 Å². The van der Waals surface area contributed by atoms with Gasteiger partial charge in [-0.3, -0.25) is 19.4 Å². The predicted molar refractivity (Wildman–Crippen MR) is 210 cm³/mol. The average molecular weight is 773 g/mol. The monoisotopic (exact) mass is 772 g/mol. The molecule has 8 rings (SSSR count). The molecule has 0 aliphatic carbocycles. The molecule has 1 aromatic carbocycles. The van der Waals surface area contributed by atoms with E-state index in [0.29, 0.717) is 41.1 Å². The number of carbonyl (C=O) groups excluding carboxylic acids is 2. The highest BCUT2D eigenvalue weighted by atomic mass is 19.4. The number of carbonyl (C=O) groups is 2. The molecule has 56 heavy (non-hydrogen) atoms. The van der Waals surface area contributed by atoms with Crippen molar-refractivity contribution in [1.82, 2.24) is 40.0 Å². The van der Waals surface area contributed by atoms with Gasteiger partial charge in [-0.25, -0.2) is 15.0 Å². The molecule has 3 unspecified atom stereocenters. The number of halogens is 3. The van der Waals surface area contributed by atoms with Crippen molar-refractivity contribution in [2.45, 2.75) is 56.3 Å². The number of aromatic amines is 1. The van der Waals surface area contributed by atoms with E-state index in [1.807, 2.05) is 0 Å². The molecule has 298 valence electrons. The van der Waals surface area contributed by atoms with Gasteiger partial charge in [0.05, 0.1) is 11.7 Å². The normalized spacial score (nSPS) is 23.5. The number of piperidine rings is 2. The summed E-state index contributed by atoms with van der Waals surface area (Å²) in [5.41, 5.74) is 2.40. The number of likely N-dealkylation sites (tertiary alicyclic amines) is 1. The van der Waals surface area contributed by atoms with Gasteiger partial charge in [0.15, 0.2) is 6.29 Å². The van der Waals surface area contributed by atoms with Crippen LogP contribution in [0.25, 0.3) is 22.3 Å². The van der Waals surface area contributed by atoms with Gasteiger partial charge in [0.2, 0.25) is 11.7 Å². The Kier molecular flexibility index (Phi) is 11.6. The molecule has 7 heterocycles. The molecule has 0 spiro atoms. The summed E-state index contributed by atoms with van der Waals surface area (Å²) >= 11 is 0. The van der Waals surface area contributed by atoms with Crippen molar-refractivity contribution in [1.29, 1.82) is 0 Å². The van der Waals surface area contributed by atoms with E-state index in [9.17, 15) is 22.8 Å². The maximum atomic E-state index is 14.0. The third-order valence-electron chi connectivity index (χ3n) is 12.3. The summed E-state index contributed by atoms with van der Waals surface area (Å²) in [6.45, 7) is 12.0. The first-order chi connectivity index (χ1) is 27.2. The molecular formula is C41H51F3N10O2. The highest BCUT2D eigenvalue weighted by molar-refractivity contribution is 6.27. The standard InChI is InChI=1S/C41H51F3N10O2/c42-41(43,44)35-24-48-40(50-38(35)34-23-47-39-33(34)2-1-12-45-39)49-31-11-13-52(26-31)19-16-51-17-20-53(21-18-51)25-28-9-14-54(15-10-28)32-6-3-29(4-7-32)30-5-8-36(46-22-30)37(56)27-55/h1-4,6-7,12,23-24,27-28,30-31,36,46H,5,8-11,13-22,25-26H2,(H,45,47)(H,48,49,50). The first-order valence-electron chi connectivity index (χ1n) is 20.1. The number of aromatic nitrogens is 4. The van der Waals surface area contributed by atoms with Crippen molar-refractivity contribution < 1.29 is 22.8 Å². The van der Waals surface area contributed by atoms with Crippen LogP contribution < -0.4 is 15.5 Å². The molecule has 3 aromatic heterocycles. The molecule has 4 aromatic rings. The SMILES string of the molecule is O=CC(=O)C1CCC(c2ccc(N3CCC(CN4CCN(CCN5CCC(Nc6ncc(C(F)(F)F)c(-c7c[nH]c8ncccc78)n6)C5)CC4)CC3)cc2)CN1. The quantitative estimate of drug-likeness (QED) is 0.138. The lowest BCUT2D eigenvalue weighted by Crippen LogP contribution is -2.50. The number of benzene rings is 1. The van der Waals surface area contributed by atoms with Crippen molar-refractivity contribution in [2.75, 3.05) is 88.8 Å². The number of hydrogen-bond acceptors (Lipinski definition) is 11. The van der Waals surface area contributed by atoms with Crippen molar-refractivity contribution in [2.24, 2.45) is 5.92 Å². The molecule has 4 aliphatic heterocycles. The number of nitrogens with zero attached hydrogens (tertiary/aromatic N) is 7. The van der Waals surface area contributed by atoms with Crippen LogP contribution >= 0.6 is 0 Å². The smallest absolute Gasteiger partial charge is 0.372 e. The molecule has 0 bridgehead atoms. The zero-order valence-corrected chi connectivity index (χ0v) is 31.7. The topological polar surface area (TPSA) is 126 Å². The summed E-state index contributed by atoms with van der Waals surface area (Å²) in [6.07, 6.45) is 4.73. The van der Waals surface area contributed by atoms with E-state index >= 15 is 0 Å². The maximum absolute atomic E-state index is 14.0. The maximum Gasteiger partial charge on any atom is 0.419 e. The van der Waals surface area contributed by atoms with Crippen LogP contribution in [-0.4, -0.2) is 137 Å². The minimum absolute atomic E-state index is 0.0592. The van der Waals surface area contributed by atoms with Crippen LogP contribution in [-0.2, 0) is 15.8 Å². The number of piperazine rings is 1. The first kappa shape index (κ1) is 38.4. The van der Waals surface area contributed by atoms with Crippen LogP contribution in [0.5, 0.6) is 0 Å². The Morgan fingerprint density at radius 2 is 1.66 bits per heavy atom. The lowest BCUT2D eigenvalue weighted by molar-refractivity contribution is -0.137. The van der Waals surface area contributed by atoms with Crippen LogP contribution in [0.15, 0.2) is 55.0 Å². The van der Waals surface area contributed by atoms with Crippen LogP contribution in [0.1, 0.15) is 49.1 Å². The van der Waals surface area contributed by atoms with Gasteiger partial charge >= 0.3 is 6.18 Å². The predicted octanol–water partition coefficient (Wildman–Crippen LogP) is 4.66. The molecular weight excluding hydrogens is 722 g/mol. The van der Waals surface area contributed by atoms with E-state index in [0.717, 1.165) is 97.6 Å². The molecule has 3 N–H and O–H groups in total. The number of rotatable bonds is 12. The van der Waals surface area contributed by atoms with Gasteiger partial charge in [-0.1, -0.05) is 12.1 Å². The Hall–Kier alpha value is -4.44. The lowest BCUT2D eigenvalue weighted by atomic mass is 9.87. The van der Waals surface area contributed by atoms with Crippen LogP contribution in [0.3, 0.4) is 0 Å². The number of hydrogen-bond donors (Lipinski definition) is 3. The number of pyridine rings is 1. The second kappa shape index (κ2) is 17.0. The summed E-state index contributed by atoms with van der Waals surface area (Å²) in [6, 6.07) is 12.1. The van der Waals surface area contributed by atoms with Gasteiger partial charge in [0.25, 0.3) is 0 Å². The van der Waals surface area contributed by atoms with Crippen LogP contribution in [0, 0.1) is 5.92 Å². The number of fused-ring (bicyclic) bond motifs is 1. The fraction of sp³-hybridized carbons (Fsp3) is 0.537. The minimum atomic E-state index is -4.59. The minimum Gasteiger partial charge on any atom is -0.372 e. The molecule has 4 fully saturated rings. The zero-order valence-electron chi connectivity index (χ0n) is 31.7. The Bertz CT molecular complexity index is 1950.